The Kier molecular flexibility index (Phi) is 5.98. The van der Waals surface area contributed by atoms with Crippen molar-refractivity contribution in [1.29, 1.82) is 0 Å². The Morgan fingerprint density at radius 3 is 2.83 bits per heavy atom. The van der Waals surface area contributed by atoms with Crippen molar-refractivity contribution in [3.63, 3.8) is 0 Å². The summed E-state index contributed by atoms with van der Waals surface area (Å²) in [5.74, 6) is 0.545. The summed E-state index contributed by atoms with van der Waals surface area (Å²) in [5, 5.41) is 18.4. The second-order valence-electron chi connectivity index (χ2n) is 8.32. The van der Waals surface area contributed by atoms with E-state index < -0.39 is 0 Å². The molecule has 1 heterocycles. The molecule has 2 fully saturated rings. The van der Waals surface area contributed by atoms with Gasteiger partial charge in [-0.1, -0.05) is 32.6 Å². The van der Waals surface area contributed by atoms with E-state index in [4.69, 9.17) is 0 Å². The maximum Gasteiger partial charge on any atom is 0.0596 e. The Hall–Kier alpha value is -0.870. The standard InChI is InChI=1S/C20H35N3O/c1-3-4-12-23(2)15-17-14-21-22-19(17)16-8-9-18(24)20(13-16)10-6-5-7-11-20/h14,16,18,24H,3-13,15H2,1-2H3,(H,21,22)/t16-,18+/m0/s1. The minimum atomic E-state index is -0.0901. The fraction of sp³-hybridized carbons (Fsp3) is 0.850. The van der Waals surface area contributed by atoms with Crippen LogP contribution in [0.1, 0.15) is 88.3 Å². The van der Waals surface area contributed by atoms with Crippen molar-refractivity contribution >= 4 is 0 Å². The molecular weight excluding hydrogens is 298 g/mol. The lowest BCUT2D eigenvalue weighted by Gasteiger charge is -2.47. The Morgan fingerprint density at radius 1 is 1.29 bits per heavy atom. The number of rotatable bonds is 6. The highest BCUT2D eigenvalue weighted by molar-refractivity contribution is 5.22. The second kappa shape index (κ2) is 8.01. The zero-order valence-electron chi connectivity index (χ0n) is 15.6. The van der Waals surface area contributed by atoms with E-state index >= 15 is 0 Å². The SMILES string of the molecule is CCCCN(C)Cc1cn[nH]c1[C@H]1CC[C@@H](O)C2(CCCCC2)C1. The van der Waals surface area contributed by atoms with Gasteiger partial charge in [0.05, 0.1) is 12.3 Å². The van der Waals surface area contributed by atoms with Crippen molar-refractivity contribution in [2.75, 3.05) is 13.6 Å². The molecule has 2 aliphatic carbocycles. The van der Waals surface area contributed by atoms with E-state index in [1.54, 1.807) is 0 Å². The number of nitrogens with zero attached hydrogens (tertiary/aromatic N) is 2. The molecule has 1 spiro atoms. The number of aliphatic hydroxyl groups is 1. The summed E-state index contributed by atoms with van der Waals surface area (Å²) in [6, 6.07) is 0. The molecule has 1 aromatic rings. The number of hydrogen-bond donors (Lipinski definition) is 2. The molecule has 3 rings (SSSR count). The highest BCUT2D eigenvalue weighted by atomic mass is 16.3. The molecule has 136 valence electrons. The molecule has 4 nitrogen and oxygen atoms in total. The van der Waals surface area contributed by atoms with Crippen LogP contribution in [0.25, 0.3) is 0 Å². The molecule has 0 amide bonds. The molecule has 0 aliphatic heterocycles. The fourth-order valence-corrected chi connectivity index (χ4v) is 5.03. The van der Waals surface area contributed by atoms with E-state index in [1.807, 2.05) is 6.20 Å². The fourth-order valence-electron chi connectivity index (χ4n) is 5.03. The third-order valence-corrected chi connectivity index (χ3v) is 6.49. The summed E-state index contributed by atoms with van der Waals surface area (Å²) >= 11 is 0. The first-order valence-electron chi connectivity index (χ1n) is 10.0. The van der Waals surface area contributed by atoms with Crippen LogP contribution in [-0.2, 0) is 6.54 Å². The molecule has 1 aromatic heterocycles. The Labute approximate surface area is 147 Å². The summed E-state index contributed by atoms with van der Waals surface area (Å²) in [7, 11) is 2.21. The number of aliphatic hydroxyl groups excluding tert-OH is 1. The van der Waals surface area contributed by atoms with Gasteiger partial charge < -0.3 is 10.0 Å². The molecular formula is C20H35N3O. The minimum Gasteiger partial charge on any atom is -0.393 e. The molecule has 0 unspecified atom stereocenters. The summed E-state index contributed by atoms with van der Waals surface area (Å²) < 4.78 is 0. The lowest BCUT2D eigenvalue weighted by atomic mass is 9.60. The van der Waals surface area contributed by atoms with Crippen LogP contribution < -0.4 is 0 Å². The third kappa shape index (κ3) is 3.85. The molecule has 0 saturated heterocycles. The van der Waals surface area contributed by atoms with Crippen LogP contribution in [0.5, 0.6) is 0 Å². The number of H-pyrrole nitrogens is 1. The molecule has 4 heteroatoms. The van der Waals surface area contributed by atoms with E-state index in [0.717, 1.165) is 32.4 Å². The number of nitrogens with one attached hydrogen (secondary N) is 1. The van der Waals surface area contributed by atoms with E-state index in [9.17, 15) is 5.11 Å². The van der Waals surface area contributed by atoms with E-state index in [1.165, 1.54) is 56.2 Å². The van der Waals surface area contributed by atoms with Crippen molar-refractivity contribution < 1.29 is 5.11 Å². The average molecular weight is 334 g/mol. The van der Waals surface area contributed by atoms with Crippen molar-refractivity contribution in [2.24, 2.45) is 5.41 Å². The van der Waals surface area contributed by atoms with Gasteiger partial charge >= 0.3 is 0 Å². The number of hydrogen-bond acceptors (Lipinski definition) is 3. The number of unbranched alkanes of at least 4 members (excludes halogenated alkanes) is 1. The zero-order chi connectivity index (χ0) is 17.0. The van der Waals surface area contributed by atoms with Crippen LogP contribution >= 0.6 is 0 Å². The van der Waals surface area contributed by atoms with Crippen molar-refractivity contribution in [3.8, 4) is 0 Å². The van der Waals surface area contributed by atoms with Crippen molar-refractivity contribution in [2.45, 2.75) is 89.7 Å². The summed E-state index contributed by atoms with van der Waals surface area (Å²) in [4.78, 5) is 2.41. The highest BCUT2D eigenvalue weighted by Gasteiger charge is 2.44. The van der Waals surface area contributed by atoms with E-state index in [0.29, 0.717) is 5.92 Å². The van der Waals surface area contributed by atoms with E-state index in [2.05, 4.69) is 29.1 Å². The van der Waals surface area contributed by atoms with Crippen LogP contribution in [0, 0.1) is 5.41 Å². The minimum absolute atomic E-state index is 0.0901. The molecule has 2 N–H and O–H groups in total. The molecule has 24 heavy (non-hydrogen) atoms. The van der Waals surface area contributed by atoms with Gasteiger partial charge in [-0.25, -0.2) is 0 Å². The quantitative estimate of drug-likeness (QED) is 0.819. The second-order valence-corrected chi connectivity index (χ2v) is 8.32. The van der Waals surface area contributed by atoms with Crippen molar-refractivity contribution in [1.82, 2.24) is 15.1 Å². The number of aromatic amines is 1. The highest BCUT2D eigenvalue weighted by Crippen LogP contribution is 2.52. The zero-order valence-corrected chi connectivity index (χ0v) is 15.6. The lowest BCUT2D eigenvalue weighted by molar-refractivity contribution is -0.0438. The maximum absolute atomic E-state index is 10.7. The van der Waals surface area contributed by atoms with Crippen LogP contribution in [0.4, 0.5) is 0 Å². The first-order valence-corrected chi connectivity index (χ1v) is 10.0. The largest absolute Gasteiger partial charge is 0.393 e. The van der Waals surface area contributed by atoms with Gasteiger partial charge in [0, 0.05) is 23.7 Å². The molecule has 2 aliphatic rings. The van der Waals surface area contributed by atoms with Crippen LogP contribution in [0.15, 0.2) is 6.20 Å². The smallest absolute Gasteiger partial charge is 0.0596 e. The summed E-state index contributed by atoms with van der Waals surface area (Å²) in [5.41, 5.74) is 2.88. The van der Waals surface area contributed by atoms with Gasteiger partial charge in [0.15, 0.2) is 0 Å². The van der Waals surface area contributed by atoms with Crippen LogP contribution in [-0.4, -0.2) is 39.9 Å². The lowest BCUT2D eigenvalue weighted by Crippen LogP contribution is -2.42. The average Bonchev–Trinajstić information content (AvgIpc) is 3.04. The Balaban J connectivity index is 1.69. The summed E-state index contributed by atoms with van der Waals surface area (Å²) in [6.45, 7) is 4.38. The summed E-state index contributed by atoms with van der Waals surface area (Å²) in [6.07, 6.45) is 14.0. The molecule has 0 aromatic carbocycles. The van der Waals surface area contributed by atoms with Crippen molar-refractivity contribution in [3.05, 3.63) is 17.5 Å². The van der Waals surface area contributed by atoms with Gasteiger partial charge in [-0.15, -0.1) is 0 Å². The molecule has 2 atom stereocenters. The monoisotopic (exact) mass is 333 g/mol. The predicted molar refractivity (Wildman–Crippen MR) is 97.9 cm³/mol. The predicted octanol–water partition coefficient (Wildman–Crippen LogP) is 4.22. The first kappa shape index (κ1) is 17.9. The Bertz CT molecular complexity index is 507. The van der Waals surface area contributed by atoms with Crippen LogP contribution in [0.3, 0.4) is 0 Å². The molecule has 0 bridgehead atoms. The number of aromatic nitrogens is 2. The maximum atomic E-state index is 10.7. The van der Waals surface area contributed by atoms with Crippen LogP contribution in [0.2, 0.25) is 0 Å². The van der Waals surface area contributed by atoms with E-state index in [-0.39, 0.29) is 11.5 Å². The van der Waals surface area contributed by atoms with Gasteiger partial charge in [0.25, 0.3) is 0 Å². The first-order chi connectivity index (χ1) is 11.6. The molecule has 2 saturated carbocycles. The third-order valence-electron chi connectivity index (χ3n) is 6.49. The van der Waals surface area contributed by atoms with Gasteiger partial charge in [-0.05, 0) is 57.5 Å². The Morgan fingerprint density at radius 2 is 2.08 bits per heavy atom. The van der Waals surface area contributed by atoms with Gasteiger partial charge in [-0.3, -0.25) is 5.10 Å². The normalized spacial score (nSPS) is 27.0. The van der Waals surface area contributed by atoms with Gasteiger partial charge in [-0.2, -0.15) is 5.10 Å². The van der Waals surface area contributed by atoms with Gasteiger partial charge in [0.2, 0.25) is 0 Å². The topological polar surface area (TPSA) is 52.2 Å². The molecule has 0 radical (unpaired) electrons. The van der Waals surface area contributed by atoms with Gasteiger partial charge in [0.1, 0.15) is 0 Å².